The molecule has 0 aromatic heterocycles. The van der Waals surface area contributed by atoms with Gasteiger partial charge in [-0.3, -0.25) is 0 Å². The van der Waals surface area contributed by atoms with Crippen molar-refractivity contribution in [1.29, 1.82) is 0 Å². The number of rotatable bonds is 16. The molecular weight excluding hydrogens is 578 g/mol. The van der Waals surface area contributed by atoms with Gasteiger partial charge >= 0.3 is 23.9 Å². The predicted octanol–water partition coefficient (Wildman–Crippen LogP) is 4.44. The fraction of sp³-hybridized carbons (Fsp3) is 0.200. The van der Waals surface area contributed by atoms with Crippen molar-refractivity contribution in [3.63, 3.8) is 0 Å². The van der Waals surface area contributed by atoms with Crippen LogP contribution >= 0.6 is 0 Å². The van der Waals surface area contributed by atoms with Gasteiger partial charge in [-0.1, -0.05) is 97.1 Å². The zero-order valence-electron chi connectivity index (χ0n) is 24.3. The summed E-state index contributed by atoms with van der Waals surface area (Å²) < 4.78 is 22.1. The lowest BCUT2D eigenvalue weighted by molar-refractivity contribution is -0.176. The molecule has 3 atom stereocenters. The highest BCUT2D eigenvalue weighted by Gasteiger charge is 2.43. The quantitative estimate of drug-likeness (QED) is 0.138. The van der Waals surface area contributed by atoms with Gasteiger partial charge in [0.05, 0.1) is 24.3 Å². The van der Waals surface area contributed by atoms with Crippen molar-refractivity contribution in [3.8, 4) is 0 Å². The Labute approximate surface area is 260 Å². The molecule has 0 saturated heterocycles. The maximum absolute atomic E-state index is 13.6. The minimum Gasteiger partial charge on any atom is -0.478 e. The average molecular weight is 612 g/mol. The monoisotopic (exact) mass is 611 g/mol. The van der Waals surface area contributed by atoms with Crippen LogP contribution in [0.5, 0.6) is 0 Å². The Balaban J connectivity index is 1.53. The predicted molar refractivity (Wildman–Crippen MR) is 163 cm³/mol. The minimum atomic E-state index is -2.21. The van der Waals surface area contributed by atoms with Gasteiger partial charge in [-0.25, -0.2) is 19.2 Å². The van der Waals surface area contributed by atoms with Crippen LogP contribution < -0.4 is 5.32 Å². The maximum atomic E-state index is 13.6. The van der Waals surface area contributed by atoms with Crippen molar-refractivity contribution in [3.05, 3.63) is 144 Å². The minimum absolute atomic E-state index is 0.0440. The molecule has 4 rings (SSSR count). The van der Waals surface area contributed by atoms with E-state index in [4.69, 9.17) is 18.9 Å². The Kier molecular flexibility index (Phi) is 12.4. The second-order valence-corrected chi connectivity index (χ2v) is 9.90. The summed E-state index contributed by atoms with van der Waals surface area (Å²) in [6, 6.07) is 34.2. The van der Waals surface area contributed by atoms with Crippen molar-refractivity contribution >= 4 is 23.9 Å². The van der Waals surface area contributed by atoms with E-state index in [0.29, 0.717) is 6.54 Å². The first kappa shape index (κ1) is 32.6. The topological polar surface area (TPSA) is 137 Å². The van der Waals surface area contributed by atoms with Crippen LogP contribution in [-0.4, -0.2) is 60.4 Å². The van der Waals surface area contributed by atoms with Gasteiger partial charge in [0, 0.05) is 13.1 Å². The Morgan fingerprint density at radius 1 is 0.600 bits per heavy atom. The third kappa shape index (κ3) is 10.4. The number of carboxylic acids is 1. The Morgan fingerprint density at radius 2 is 1.07 bits per heavy atom. The number of aliphatic carboxylic acids is 1. The van der Waals surface area contributed by atoms with E-state index in [-0.39, 0.29) is 30.9 Å². The number of hydrogen-bond donors (Lipinski definition) is 2. The molecule has 0 aliphatic heterocycles. The Morgan fingerprint density at radius 3 is 1.58 bits per heavy atom. The fourth-order valence-corrected chi connectivity index (χ4v) is 4.21. The lowest BCUT2D eigenvalue weighted by Crippen LogP contribution is -2.48. The molecule has 4 aromatic carbocycles. The molecule has 45 heavy (non-hydrogen) atoms. The van der Waals surface area contributed by atoms with Gasteiger partial charge in [-0.05, 0) is 35.4 Å². The van der Waals surface area contributed by atoms with Crippen LogP contribution in [-0.2, 0) is 41.7 Å². The van der Waals surface area contributed by atoms with Crippen LogP contribution in [0.3, 0.4) is 0 Å². The van der Waals surface area contributed by atoms with E-state index < -0.39 is 42.2 Å². The molecule has 232 valence electrons. The first-order chi connectivity index (χ1) is 21.9. The molecule has 0 radical (unpaired) electrons. The number of ether oxygens (including phenoxy) is 4. The number of carbonyl (C=O) groups is 4. The van der Waals surface area contributed by atoms with E-state index in [1.54, 1.807) is 36.4 Å². The van der Waals surface area contributed by atoms with Crippen LogP contribution in [0.4, 0.5) is 0 Å². The highest BCUT2D eigenvalue weighted by Crippen LogP contribution is 2.16. The first-order valence-electron chi connectivity index (χ1n) is 14.2. The van der Waals surface area contributed by atoms with Crippen LogP contribution in [0.1, 0.15) is 31.8 Å². The second-order valence-electron chi connectivity index (χ2n) is 9.90. The molecule has 0 bridgehead atoms. The molecule has 0 fully saturated rings. The lowest BCUT2D eigenvalue weighted by Gasteiger charge is -2.26. The van der Waals surface area contributed by atoms with E-state index in [1.807, 2.05) is 60.7 Å². The molecule has 4 aromatic rings. The van der Waals surface area contributed by atoms with Crippen molar-refractivity contribution in [2.75, 3.05) is 13.2 Å². The van der Waals surface area contributed by atoms with Crippen molar-refractivity contribution in [1.82, 2.24) is 5.32 Å². The van der Waals surface area contributed by atoms with E-state index in [9.17, 15) is 24.3 Å². The third-order valence-corrected chi connectivity index (χ3v) is 6.48. The van der Waals surface area contributed by atoms with Gasteiger partial charge < -0.3 is 29.4 Å². The van der Waals surface area contributed by atoms with E-state index in [0.717, 1.165) is 11.1 Å². The van der Waals surface area contributed by atoms with Crippen LogP contribution in [0.25, 0.3) is 0 Å². The molecule has 0 unspecified atom stereocenters. The number of nitrogens with one attached hydrogen (secondary N) is 1. The summed E-state index contributed by atoms with van der Waals surface area (Å²) in [5.74, 6) is -4.95. The van der Waals surface area contributed by atoms with Gasteiger partial charge in [-0.15, -0.1) is 0 Å². The van der Waals surface area contributed by atoms with Crippen LogP contribution in [0, 0.1) is 0 Å². The number of esters is 3. The van der Waals surface area contributed by atoms with Crippen molar-refractivity contribution in [2.24, 2.45) is 0 Å². The molecule has 0 spiro atoms. The van der Waals surface area contributed by atoms with E-state index in [1.165, 1.54) is 24.3 Å². The van der Waals surface area contributed by atoms with Gasteiger partial charge in [0.15, 0.2) is 0 Å². The van der Waals surface area contributed by atoms with Crippen molar-refractivity contribution in [2.45, 2.75) is 31.5 Å². The zero-order valence-corrected chi connectivity index (χ0v) is 24.3. The van der Waals surface area contributed by atoms with E-state index >= 15 is 0 Å². The molecule has 0 saturated carbocycles. The number of hydrogen-bond acceptors (Lipinski definition) is 9. The average Bonchev–Trinajstić information content (AvgIpc) is 3.07. The molecule has 2 N–H and O–H groups in total. The highest BCUT2D eigenvalue weighted by atomic mass is 16.6. The van der Waals surface area contributed by atoms with Gasteiger partial charge in [0.2, 0.25) is 12.2 Å². The zero-order chi connectivity index (χ0) is 31.9. The summed E-state index contributed by atoms with van der Waals surface area (Å²) in [7, 11) is 0. The standard InChI is InChI=1S/C35H33NO9/c37-32(38)30(44-33(39)27-17-9-3-10-18-27)31(45-34(40)28-19-11-4-12-20-28)35(41)43-29(22-36-21-25-13-5-1-6-14-25)24-42-23-26-15-7-2-8-16-26/h1-20,29-31,36H,21-24H2,(H,37,38)/t29-,30+,31+/m0/s1. The second kappa shape index (κ2) is 17.1. The van der Waals surface area contributed by atoms with Crippen LogP contribution in [0.2, 0.25) is 0 Å². The molecule has 10 heteroatoms. The molecule has 0 heterocycles. The normalized spacial score (nSPS) is 12.7. The summed E-state index contributed by atoms with van der Waals surface area (Å²) in [5.41, 5.74) is 1.98. The summed E-state index contributed by atoms with van der Waals surface area (Å²) in [6.07, 6.45) is -5.27. The molecule has 0 aliphatic rings. The first-order valence-corrected chi connectivity index (χ1v) is 14.2. The van der Waals surface area contributed by atoms with Crippen LogP contribution in [0.15, 0.2) is 121 Å². The molecular formula is C35H33NO9. The Bertz CT molecular complexity index is 1470. The number of benzene rings is 4. The van der Waals surface area contributed by atoms with Gasteiger partial charge in [-0.2, -0.15) is 0 Å². The molecule has 0 aliphatic carbocycles. The summed E-state index contributed by atoms with van der Waals surface area (Å²) >= 11 is 0. The maximum Gasteiger partial charge on any atom is 0.352 e. The fourth-order valence-electron chi connectivity index (χ4n) is 4.21. The number of carbonyl (C=O) groups excluding carboxylic acids is 3. The van der Waals surface area contributed by atoms with Crippen molar-refractivity contribution < 1.29 is 43.2 Å². The molecule has 0 amide bonds. The van der Waals surface area contributed by atoms with Gasteiger partial charge in [0.1, 0.15) is 6.10 Å². The van der Waals surface area contributed by atoms with Gasteiger partial charge in [0.25, 0.3) is 0 Å². The highest BCUT2D eigenvalue weighted by molar-refractivity contribution is 5.95. The summed E-state index contributed by atoms with van der Waals surface area (Å²) in [5, 5.41) is 13.2. The smallest absolute Gasteiger partial charge is 0.352 e. The summed E-state index contributed by atoms with van der Waals surface area (Å²) in [6.45, 7) is 0.735. The number of carboxylic acid groups (broad SMARTS) is 1. The Hall–Kier alpha value is -5.32. The largest absolute Gasteiger partial charge is 0.478 e. The third-order valence-electron chi connectivity index (χ3n) is 6.48. The lowest BCUT2D eigenvalue weighted by atomic mass is 10.1. The molecule has 10 nitrogen and oxygen atoms in total. The summed E-state index contributed by atoms with van der Waals surface area (Å²) in [4.78, 5) is 51.8. The SMILES string of the molecule is O=C(O[C@@H](C(=O)O)[C@@H](OC(=O)c1ccccc1)C(=O)O[C@@H](CNCc1ccccc1)COCc1ccccc1)c1ccccc1. The van der Waals surface area contributed by atoms with E-state index in [2.05, 4.69) is 5.32 Å².